The molecule has 166 valence electrons. The highest BCUT2D eigenvalue weighted by atomic mass is 35.5. The van der Waals surface area contributed by atoms with Gasteiger partial charge >= 0.3 is 0 Å². The lowest BCUT2D eigenvalue weighted by molar-refractivity contribution is -0.107. The van der Waals surface area contributed by atoms with Crippen molar-refractivity contribution < 1.29 is 14.0 Å². The molecular weight excluding hydrogens is 429 g/mol. The standard InChI is InChI=1S/C25H25ClFN3O2/c26-22-15-20(27)7-10-24(22)30(16-31)13-11-17-3-8-21(9-4-17)29-25(32)19-6-5-18-2-1-12-28-23(18)14-19/h1-2,5-7,10,12,14-17,21H,3-4,8-9,11,13H2,(H,29,32)/t17-,21+. The van der Waals surface area contributed by atoms with Gasteiger partial charge in [-0.25, -0.2) is 4.39 Å². The summed E-state index contributed by atoms with van der Waals surface area (Å²) in [4.78, 5) is 30.1. The van der Waals surface area contributed by atoms with Crippen LogP contribution in [0.25, 0.3) is 10.9 Å². The molecule has 1 fully saturated rings. The number of nitrogens with zero attached hydrogens (tertiary/aromatic N) is 2. The van der Waals surface area contributed by atoms with Crippen LogP contribution in [0.3, 0.4) is 0 Å². The molecule has 1 aliphatic rings. The number of carbonyl (C=O) groups excluding carboxylic acids is 2. The van der Waals surface area contributed by atoms with Crippen LogP contribution in [-0.4, -0.2) is 29.9 Å². The maximum Gasteiger partial charge on any atom is 0.251 e. The van der Waals surface area contributed by atoms with Gasteiger partial charge in [-0.15, -0.1) is 0 Å². The summed E-state index contributed by atoms with van der Waals surface area (Å²) in [5.41, 5.74) is 1.95. The second-order valence-corrected chi connectivity index (χ2v) is 8.69. The minimum Gasteiger partial charge on any atom is -0.349 e. The van der Waals surface area contributed by atoms with Crippen LogP contribution >= 0.6 is 11.6 Å². The second kappa shape index (κ2) is 10.1. The maximum absolute atomic E-state index is 13.3. The van der Waals surface area contributed by atoms with Crippen LogP contribution in [0, 0.1) is 11.7 Å². The summed E-state index contributed by atoms with van der Waals surface area (Å²) < 4.78 is 13.3. The first-order valence-corrected chi connectivity index (χ1v) is 11.2. The van der Waals surface area contributed by atoms with Crippen molar-refractivity contribution >= 4 is 40.5 Å². The molecule has 0 bridgehead atoms. The van der Waals surface area contributed by atoms with Gasteiger partial charge in [0.1, 0.15) is 5.82 Å². The minimum atomic E-state index is -0.426. The van der Waals surface area contributed by atoms with Gasteiger partial charge in [0, 0.05) is 29.7 Å². The molecule has 1 N–H and O–H groups in total. The van der Waals surface area contributed by atoms with E-state index in [9.17, 15) is 14.0 Å². The molecule has 1 aliphatic carbocycles. The number of hydrogen-bond donors (Lipinski definition) is 1. The molecule has 3 aromatic rings. The number of anilines is 1. The molecular formula is C25H25ClFN3O2. The van der Waals surface area contributed by atoms with E-state index in [0.29, 0.717) is 23.7 Å². The lowest BCUT2D eigenvalue weighted by atomic mass is 9.84. The maximum atomic E-state index is 13.3. The Labute approximate surface area is 191 Å². The van der Waals surface area contributed by atoms with E-state index < -0.39 is 5.82 Å². The third-order valence-electron chi connectivity index (χ3n) is 6.17. The van der Waals surface area contributed by atoms with Gasteiger partial charge in [-0.2, -0.15) is 0 Å². The molecule has 5 nitrogen and oxygen atoms in total. The van der Waals surface area contributed by atoms with Crippen molar-refractivity contribution in [2.75, 3.05) is 11.4 Å². The van der Waals surface area contributed by atoms with E-state index in [4.69, 9.17) is 11.6 Å². The molecule has 4 rings (SSSR count). The number of halogens is 2. The first-order valence-electron chi connectivity index (χ1n) is 10.9. The highest BCUT2D eigenvalue weighted by molar-refractivity contribution is 6.33. The van der Waals surface area contributed by atoms with Crippen molar-refractivity contribution in [3.63, 3.8) is 0 Å². The Kier molecular flexibility index (Phi) is 7.00. The molecule has 0 unspecified atom stereocenters. The predicted molar refractivity (Wildman–Crippen MR) is 124 cm³/mol. The molecule has 0 aliphatic heterocycles. The van der Waals surface area contributed by atoms with Gasteiger partial charge in [0.05, 0.1) is 16.2 Å². The van der Waals surface area contributed by atoms with E-state index in [0.717, 1.165) is 49.4 Å². The quantitative estimate of drug-likeness (QED) is 0.489. The predicted octanol–water partition coefficient (Wildman–Crippen LogP) is 5.37. The summed E-state index contributed by atoms with van der Waals surface area (Å²) in [7, 11) is 0. The number of fused-ring (bicyclic) bond motifs is 1. The molecule has 1 heterocycles. The molecule has 0 saturated heterocycles. The molecule has 0 spiro atoms. The van der Waals surface area contributed by atoms with Crippen molar-refractivity contribution in [3.05, 3.63) is 71.1 Å². The summed E-state index contributed by atoms with van der Waals surface area (Å²) in [6.45, 7) is 0.528. The lowest BCUT2D eigenvalue weighted by Crippen LogP contribution is -2.38. The normalized spacial score (nSPS) is 18.3. The Balaban J connectivity index is 1.27. The van der Waals surface area contributed by atoms with Gasteiger partial charge < -0.3 is 10.2 Å². The van der Waals surface area contributed by atoms with Gasteiger partial charge in [0.2, 0.25) is 6.41 Å². The fraction of sp³-hybridized carbons (Fsp3) is 0.320. The first-order chi connectivity index (χ1) is 15.5. The Hall–Kier alpha value is -2.99. The Bertz CT molecular complexity index is 1120. The van der Waals surface area contributed by atoms with Crippen LogP contribution in [-0.2, 0) is 4.79 Å². The van der Waals surface area contributed by atoms with Crippen molar-refractivity contribution in [1.82, 2.24) is 10.3 Å². The number of amides is 2. The zero-order valence-corrected chi connectivity index (χ0v) is 18.4. The van der Waals surface area contributed by atoms with E-state index >= 15 is 0 Å². The van der Waals surface area contributed by atoms with Crippen molar-refractivity contribution in [2.45, 2.75) is 38.1 Å². The monoisotopic (exact) mass is 453 g/mol. The summed E-state index contributed by atoms with van der Waals surface area (Å²) in [6, 6.07) is 13.6. The molecule has 0 atom stereocenters. The first kappa shape index (κ1) is 22.2. The number of aromatic nitrogens is 1. The summed E-state index contributed by atoms with van der Waals surface area (Å²) in [6.07, 6.45) is 7.07. The van der Waals surface area contributed by atoms with Crippen LogP contribution < -0.4 is 10.2 Å². The number of hydrogen-bond acceptors (Lipinski definition) is 3. The summed E-state index contributed by atoms with van der Waals surface area (Å²) >= 11 is 6.09. The third kappa shape index (κ3) is 5.25. The molecule has 32 heavy (non-hydrogen) atoms. The number of benzene rings is 2. The zero-order chi connectivity index (χ0) is 22.5. The van der Waals surface area contributed by atoms with Crippen LogP contribution in [0.5, 0.6) is 0 Å². The van der Waals surface area contributed by atoms with Crippen LogP contribution in [0.15, 0.2) is 54.7 Å². The van der Waals surface area contributed by atoms with Crippen LogP contribution in [0.4, 0.5) is 10.1 Å². The Morgan fingerprint density at radius 1 is 1.16 bits per heavy atom. The third-order valence-corrected chi connectivity index (χ3v) is 6.48. The molecule has 1 aromatic heterocycles. The number of carbonyl (C=O) groups is 2. The molecule has 7 heteroatoms. The van der Waals surface area contributed by atoms with Crippen molar-refractivity contribution in [2.24, 2.45) is 5.92 Å². The smallest absolute Gasteiger partial charge is 0.251 e. The van der Waals surface area contributed by atoms with E-state index in [1.807, 2.05) is 30.3 Å². The SMILES string of the molecule is O=CN(CC[C@H]1CC[C@@H](NC(=O)c2ccc3cccnc3c2)CC1)c1ccc(F)cc1Cl. The van der Waals surface area contributed by atoms with Gasteiger partial charge in [-0.05, 0) is 74.4 Å². The average molecular weight is 454 g/mol. The molecule has 1 saturated carbocycles. The van der Waals surface area contributed by atoms with Gasteiger partial charge in [-0.1, -0.05) is 23.7 Å². The molecule has 2 aromatic carbocycles. The highest BCUT2D eigenvalue weighted by Gasteiger charge is 2.24. The Morgan fingerprint density at radius 2 is 1.97 bits per heavy atom. The van der Waals surface area contributed by atoms with Gasteiger partial charge in [0.15, 0.2) is 0 Å². The van der Waals surface area contributed by atoms with Crippen molar-refractivity contribution in [3.8, 4) is 0 Å². The lowest BCUT2D eigenvalue weighted by Gasteiger charge is -2.30. The number of nitrogens with one attached hydrogen (secondary N) is 1. The Morgan fingerprint density at radius 3 is 2.72 bits per heavy atom. The van der Waals surface area contributed by atoms with Gasteiger partial charge in [-0.3, -0.25) is 14.6 Å². The fourth-order valence-electron chi connectivity index (χ4n) is 4.34. The molecule has 2 amide bonds. The average Bonchev–Trinajstić information content (AvgIpc) is 2.81. The van der Waals surface area contributed by atoms with Crippen LogP contribution in [0.1, 0.15) is 42.5 Å². The fourth-order valence-corrected chi connectivity index (χ4v) is 4.61. The topological polar surface area (TPSA) is 62.3 Å². The largest absolute Gasteiger partial charge is 0.349 e. The van der Waals surface area contributed by atoms with E-state index in [1.54, 1.807) is 6.20 Å². The van der Waals surface area contributed by atoms with E-state index in [1.165, 1.54) is 23.1 Å². The molecule has 0 radical (unpaired) electrons. The van der Waals surface area contributed by atoms with Crippen molar-refractivity contribution in [1.29, 1.82) is 0 Å². The zero-order valence-electron chi connectivity index (χ0n) is 17.6. The van der Waals surface area contributed by atoms with Crippen LogP contribution in [0.2, 0.25) is 5.02 Å². The minimum absolute atomic E-state index is 0.0703. The number of rotatable bonds is 7. The van der Waals surface area contributed by atoms with E-state index in [2.05, 4.69) is 10.3 Å². The highest BCUT2D eigenvalue weighted by Crippen LogP contribution is 2.30. The van der Waals surface area contributed by atoms with E-state index in [-0.39, 0.29) is 17.0 Å². The van der Waals surface area contributed by atoms with Gasteiger partial charge in [0.25, 0.3) is 5.91 Å². The second-order valence-electron chi connectivity index (χ2n) is 8.29. The number of pyridine rings is 1. The summed E-state index contributed by atoms with van der Waals surface area (Å²) in [5.74, 6) is -0.0290. The summed E-state index contributed by atoms with van der Waals surface area (Å²) in [5, 5.41) is 4.39.